The van der Waals surface area contributed by atoms with Gasteiger partial charge in [0.2, 0.25) is 0 Å². The highest BCUT2D eigenvalue weighted by Gasteiger charge is 2.32. The second kappa shape index (κ2) is 7.38. The molecule has 1 aromatic carbocycles. The molecule has 0 bridgehead atoms. The fraction of sp³-hybridized carbons (Fsp3) is 0.200. The van der Waals surface area contributed by atoms with Crippen LogP contribution in [0.2, 0.25) is 0 Å². The predicted octanol–water partition coefficient (Wildman–Crippen LogP) is 2.18. The zero-order chi connectivity index (χ0) is 17.0. The number of phenols is 1. The Balaban J connectivity index is 2.11. The number of benzene rings is 1. The van der Waals surface area contributed by atoms with Crippen LogP contribution in [0.4, 0.5) is 0 Å². The Hall–Kier alpha value is -2.19. The number of rotatable bonds is 6. The van der Waals surface area contributed by atoms with Gasteiger partial charge >= 0.3 is 5.97 Å². The van der Waals surface area contributed by atoms with Gasteiger partial charge in [0.25, 0.3) is 5.91 Å². The molecule has 1 aromatic rings. The average Bonchev–Trinajstić information content (AvgIpc) is 2.74. The molecule has 0 atom stereocenters. The molecule has 0 radical (unpaired) electrons. The Morgan fingerprint density at radius 3 is 2.65 bits per heavy atom. The minimum absolute atomic E-state index is 0.0626. The SMILES string of the molecule is O=C(O)CCCN1C(=O)C(=CC(=O)c2ccccc2O)SC1=S. The summed E-state index contributed by atoms with van der Waals surface area (Å²) in [5.74, 6) is -2.02. The molecule has 1 fully saturated rings. The first-order chi connectivity index (χ1) is 10.9. The van der Waals surface area contributed by atoms with E-state index in [9.17, 15) is 19.5 Å². The highest BCUT2D eigenvalue weighted by atomic mass is 32.2. The minimum atomic E-state index is -0.944. The van der Waals surface area contributed by atoms with Gasteiger partial charge in [0.05, 0.1) is 10.5 Å². The van der Waals surface area contributed by atoms with Crippen LogP contribution < -0.4 is 0 Å². The molecule has 1 aliphatic rings. The average molecular weight is 351 g/mol. The molecule has 6 nitrogen and oxygen atoms in total. The van der Waals surface area contributed by atoms with Crippen molar-refractivity contribution < 1.29 is 24.6 Å². The fourth-order valence-corrected chi connectivity index (χ4v) is 3.24. The summed E-state index contributed by atoms with van der Waals surface area (Å²) < 4.78 is 0.289. The summed E-state index contributed by atoms with van der Waals surface area (Å²) in [5.41, 5.74) is 0.101. The Kier molecular flexibility index (Phi) is 5.51. The molecule has 1 amide bonds. The highest BCUT2D eigenvalue weighted by Crippen LogP contribution is 2.32. The van der Waals surface area contributed by atoms with Gasteiger partial charge < -0.3 is 10.2 Å². The molecule has 0 saturated carbocycles. The maximum Gasteiger partial charge on any atom is 0.303 e. The van der Waals surface area contributed by atoms with Crippen molar-refractivity contribution in [1.29, 1.82) is 0 Å². The minimum Gasteiger partial charge on any atom is -0.507 e. The van der Waals surface area contributed by atoms with Gasteiger partial charge in [0, 0.05) is 19.0 Å². The number of ketones is 1. The molecule has 2 N–H and O–H groups in total. The molecule has 1 aliphatic heterocycles. The van der Waals surface area contributed by atoms with Crippen molar-refractivity contribution in [3.05, 3.63) is 40.8 Å². The number of hydrogen-bond donors (Lipinski definition) is 2. The van der Waals surface area contributed by atoms with Crippen molar-refractivity contribution >= 4 is 46.0 Å². The van der Waals surface area contributed by atoms with Crippen LogP contribution in [-0.4, -0.2) is 43.6 Å². The summed E-state index contributed by atoms with van der Waals surface area (Å²) in [6.45, 7) is 0.194. The molecule has 120 valence electrons. The van der Waals surface area contributed by atoms with E-state index in [2.05, 4.69) is 0 Å². The van der Waals surface area contributed by atoms with E-state index in [0.717, 1.165) is 17.8 Å². The number of aromatic hydroxyl groups is 1. The van der Waals surface area contributed by atoms with Gasteiger partial charge in [0.15, 0.2) is 5.78 Å². The number of thiocarbonyl (C=S) groups is 1. The lowest BCUT2D eigenvalue weighted by Gasteiger charge is -2.13. The number of allylic oxidation sites excluding steroid dienone is 1. The van der Waals surface area contributed by atoms with Crippen LogP contribution >= 0.6 is 24.0 Å². The van der Waals surface area contributed by atoms with Gasteiger partial charge in [0.1, 0.15) is 10.1 Å². The lowest BCUT2D eigenvalue weighted by molar-refractivity contribution is -0.137. The molecule has 0 aliphatic carbocycles. The van der Waals surface area contributed by atoms with Crippen LogP contribution in [0.1, 0.15) is 23.2 Å². The number of carboxylic acids is 1. The summed E-state index contributed by atoms with van der Waals surface area (Å²) >= 11 is 6.08. The van der Waals surface area contributed by atoms with Gasteiger partial charge in [-0.1, -0.05) is 36.1 Å². The number of aliphatic carboxylic acids is 1. The summed E-state index contributed by atoms with van der Waals surface area (Å²) in [6.07, 6.45) is 1.36. The van der Waals surface area contributed by atoms with Crippen LogP contribution in [0.3, 0.4) is 0 Å². The third kappa shape index (κ3) is 4.17. The van der Waals surface area contributed by atoms with Crippen molar-refractivity contribution in [3.63, 3.8) is 0 Å². The topological polar surface area (TPSA) is 94.9 Å². The van der Waals surface area contributed by atoms with E-state index in [0.29, 0.717) is 0 Å². The Labute approximate surface area is 141 Å². The molecule has 0 unspecified atom stereocenters. The maximum atomic E-state index is 12.2. The molecule has 2 rings (SSSR count). The molecular weight excluding hydrogens is 338 g/mol. The van der Waals surface area contributed by atoms with Crippen molar-refractivity contribution in [2.45, 2.75) is 12.8 Å². The van der Waals surface area contributed by atoms with Crippen LogP contribution in [0, 0.1) is 0 Å². The monoisotopic (exact) mass is 351 g/mol. The van der Waals surface area contributed by atoms with E-state index >= 15 is 0 Å². The first-order valence-corrected chi connectivity index (χ1v) is 7.92. The number of phenolic OH excluding ortho intramolecular Hbond substituents is 1. The molecule has 8 heteroatoms. The number of carboxylic acid groups (broad SMARTS) is 1. The third-order valence-electron chi connectivity index (χ3n) is 3.08. The molecule has 1 heterocycles. The van der Waals surface area contributed by atoms with Gasteiger partial charge in [-0.3, -0.25) is 19.3 Å². The third-order valence-corrected chi connectivity index (χ3v) is 4.46. The smallest absolute Gasteiger partial charge is 0.303 e. The zero-order valence-electron chi connectivity index (χ0n) is 11.9. The first kappa shape index (κ1) is 17.2. The quantitative estimate of drug-likeness (QED) is 0.461. The lowest BCUT2D eigenvalue weighted by atomic mass is 10.1. The molecule has 0 spiro atoms. The number of carbonyl (C=O) groups is 3. The van der Waals surface area contributed by atoms with E-state index in [1.165, 1.54) is 17.0 Å². The molecule has 0 aromatic heterocycles. The normalized spacial score (nSPS) is 16.2. The predicted molar refractivity (Wildman–Crippen MR) is 89.3 cm³/mol. The fourth-order valence-electron chi connectivity index (χ4n) is 1.96. The summed E-state index contributed by atoms with van der Waals surface area (Å²) in [6, 6.07) is 6.05. The Morgan fingerprint density at radius 2 is 2.00 bits per heavy atom. The molecule has 23 heavy (non-hydrogen) atoms. The number of thioether (sulfide) groups is 1. The van der Waals surface area contributed by atoms with Crippen molar-refractivity contribution in [2.24, 2.45) is 0 Å². The van der Waals surface area contributed by atoms with Crippen molar-refractivity contribution in [2.75, 3.05) is 6.54 Å². The van der Waals surface area contributed by atoms with E-state index in [1.807, 2.05) is 0 Å². The van der Waals surface area contributed by atoms with Gasteiger partial charge in [-0.15, -0.1) is 0 Å². The summed E-state index contributed by atoms with van der Waals surface area (Å²) in [4.78, 5) is 36.3. The van der Waals surface area contributed by atoms with Crippen LogP contribution in [-0.2, 0) is 9.59 Å². The number of nitrogens with zero attached hydrogens (tertiary/aromatic N) is 1. The van der Waals surface area contributed by atoms with E-state index < -0.39 is 17.7 Å². The number of para-hydroxylation sites is 1. The summed E-state index contributed by atoms with van der Waals surface area (Å²) in [5, 5.41) is 18.3. The Morgan fingerprint density at radius 1 is 1.30 bits per heavy atom. The maximum absolute atomic E-state index is 12.2. The van der Waals surface area contributed by atoms with E-state index in [4.69, 9.17) is 17.3 Å². The Bertz CT molecular complexity index is 714. The zero-order valence-corrected chi connectivity index (χ0v) is 13.5. The number of carbonyl (C=O) groups excluding carboxylic acids is 2. The van der Waals surface area contributed by atoms with Gasteiger partial charge in [-0.2, -0.15) is 0 Å². The first-order valence-electron chi connectivity index (χ1n) is 6.69. The van der Waals surface area contributed by atoms with Gasteiger partial charge in [-0.05, 0) is 18.6 Å². The van der Waals surface area contributed by atoms with Gasteiger partial charge in [-0.25, -0.2) is 0 Å². The molecular formula is C15H13NO5S2. The van der Waals surface area contributed by atoms with E-state index in [-0.39, 0.29) is 39.9 Å². The molecule has 1 saturated heterocycles. The second-order valence-corrected chi connectivity index (χ2v) is 6.39. The van der Waals surface area contributed by atoms with Crippen molar-refractivity contribution in [3.8, 4) is 5.75 Å². The summed E-state index contributed by atoms with van der Waals surface area (Å²) in [7, 11) is 0. The van der Waals surface area contributed by atoms with Crippen molar-refractivity contribution in [1.82, 2.24) is 4.90 Å². The van der Waals surface area contributed by atoms with Crippen LogP contribution in [0.5, 0.6) is 5.75 Å². The standard InChI is InChI=1S/C15H13NO5S2/c17-10-5-2-1-4-9(10)11(18)8-12-14(21)16(15(22)23-12)7-3-6-13(19)20/h1-2,4-5,8,17H,3,6-7H2,(H,19,20). The van der Waals surface area contributed by atoms with E-state index in [1.54, 1.807) is 12.1 Å². The largest absolute Gasteiger partial charge is 0.507 e. The number of hydrogen-bond acceptors (Lipinski definition) is 6. The second-order valence-electron chi connectivity index (χ2n) is 4.71. The highest BCUT2D eigenvalue weighted by molar-refractivity contribution is 8.26. The lowest BCUT2D eigenvalue weighted by Crippen LogP contribution is -2.29. The number of amides is 1. The van der Waals surface area contributed by atoms with Crippen LogP contribution in [0.15, 0.2) is 35.2 Å². The van der Waals surface area contributed by atoms with Crippen LogP contribution in [0.25, 0.3) is 0 Å².